The highest BCUT2D eigenvalue weighted by molar-refractivity contribution is 5.65. The molecule has 2 rings (SSSR count). The Labute approximate surface area is 111 Å². The molecule has 6 nitrogen and oxygen atoms in total. The third-order valence-electron chi connectivity index (χ3n) is 3.32. The fourth-order valence-corrected chi connectivity index (χ4v) is 2.18. The van der Waals surface area contributed by atoms with E-state index in [4.69, 9.17) is 5.11 Å². The Morgan fingerprint density at radius 3 is 2.68 bits per heavy atom. The zero-order valence-electron chi connectivity index (χ0n) is 10.8. The largest absolute Gasteiger partial charge is 0.395 e. The summed E-state index contributed by atoms with van der Waals surface area (Å²) < 4.78 is 0. The van der Waals surface area contributed by atoms with E-state index in [1.54, 1.807) is 19.1 Å². The molecule has 19 heavy (non-hydrogen) atoms. The molecular formula is C13H18N2O4. The molecule has 0 saturated heterocycles. The first-order valence-electron chi connectivity index (χ1n) is 6.38. The van der Waals surface area contributed by atoms with Gasteiger partial charge >= 0.3 is 0 Å². The van der Waals surface area contributed by atoms with E-state index in [-0.39, 0.29) is 18.3 Å². The number of hydrogen-bond donors (Lipinski definition) is 2. The van der Waals surface area contributed by atoms with Crippen LogP contribution >= 0.6 is 0 Å². The topological polar surface area (TPSA) is 86.8 Å². The van der Waals surface area contributed by atoms with Crippen molar-refractivity contribution >= 4 is 11.4 Å². The van der Waals surface area contributed by atoms with E-state index in [0.717, 1.165) is 12.8 Å². The van der Waals surface area contributed by atoms with Crippen LogP contribution in [0.2, 0.25) is 0 Å². The van der Waals surface area contributed by atoms with Gasteiger partial charge < -0.3 is 15.1 Å². The maximum Gasteiger partial charge on any atom is 0.292 e. The molecule has 0 spiro atoms. The summed E-state index contributed by atoms with van der Waals surface area (Å²) in [5.41, 5.74) is 1.03. The average Bonchev–Trinajstić information content (AvgIpc) is 3.19. The molecule has 2 N–H and O–H groups in total. The van der Waals surface area contributed by atoms with Crippen molar-refractivity contribution in [2.45, 2.75) is 31.9 Å². The average molecular weight is 266 g/mol. The Balaban J connectivity index is 2.39. The van der Waals surface area contributed by atoms with E-state index in [0.29, 0.717) is 17.8 Å². The molecular weight excluding hydrogens is 248 g/mol. The van der Waals surface area contributed by atoms with E-state index in [1.165, 1.54) is 6.07 Å². The van der Waals surface area contributed by atoms with E-state index in [1.807, 2.05) is 4.90 Å². The van der Waals surface area contributed by atoms with Crippen molar-refractivity contribution in [3.05, 3.63) is 33.9 Å². The number of anilines is 1. The van der Waals surface area contributed by atoms with Crippen LogP contribution in [0.15, 0.2) is 18.2 Å². The molecule has 0 aliphatic heterocycles. The summed E-state index contributed by atoms with van der Waals surface area (Å²) in [6.45, 7) is 1.93. The highest BCUT2D eigenvalue weighted by atomic mass is 16.6. The second-order valence-electron chi connectivity index (χ2n) is 4.83. The van der Waals surface area contributed by atoms with E-state index in [9.17, 15) is 15.2 Å². The Hall–Kier alpha value is -1.66. The number of nitro groups is 1. The van der Waals surface area contributed by atoms with Crippen LogP contribution in [0.1, 0.15) is 31.4 Å². The molecule has 0 amide bonds. The lowest BCUT2D eigenvalue weighted by molar-refractivity contribution is -0.384. The first-order chi connectivity index (χ1) is 9.04. The van der Waals surface area contributed by atoms with Crippen LogP contribution in [0.3, 0.4) is 0 Å². The summed E-state index contributed by atoms with van der Waals surface area (Å²) in [4.78, 5) is 12.6. The van der Waals surface area contributed by atoms with Gasteiger partial charge in [0.1, 0.15) is 5.69 Å². The lowest BCUT2D eigenvalue weighted by Gasteiger charge is -2.23. The number of nitro benzene ring substituents is 1. The number of nitrogens with zero attached hydrogens (tertiary/aromatic N) is 2. The zero-order chi connectivity index (χ0) is 14.0. The van der Waals surface area contributed by atoms with Crippen LogP contribution < -0.4 is 4.90 Å². The fraction of sp³-hybridized carbons (Fsp3) is 0.538. The predicted octanol–water partition coefficient (Wildman–Crippen LogP) is 1.61. The number of rotatable bonds is 6. The van der Waals surface area contributed by atoms with Gasteiger partial charge in [-0.3, -0.25) is 10.1 Å². The molecule has 6 heteroatoms. The summed E-state index contributed by atoms with van der Waals surface area (Å²) in [6, 6.07) is 5.05. The van der Waals surface area contributed by atoms with Crippen molar-refractivity contribution in [1.29, 1.82) is 0 Å². The third-order valence-corrected chi connectivity index (χ3v) is 3.32. The molecule has 1 saturated carbocycles. The molecule has 1 aliphatic carbocycles. The Bertz CT molecular complexity index is 472. The van der Waals surface area contributed by atoms with Gasteiger partial charge in [-0.05, 0) is 31.4 Å². The minimum absolute atomic E-state index is 0.0150. The van der Waals surface area contributed by atoms with Gasteiger partial charge in [0, 0.05) is 18.7 Å². The molecule has 0 aromatic heterocycles. The van der Waals surface area contributed by atoms with Crippen LogP contribution in [-0.2, 0) is 0 Å². The SMILES string of the molecule is C[C@H](O)c1ccc(N(CCO)C2CC2)c([N+](=O)[O-])c1. The molecule has 0 radical (unpaired) electrons. The van der Waals surface area contributed by atoms with Gasteiger partial charge in [-0.1, -0.05) is 6.07 Å². The smallest absolute Gasteiger partial charge is 0.292 e. The molecule has 0 heterocycles. The third kappa shape index (κ3) is 3.02. The minimum atomic E-state index is -0.736. The van der Waals surface area contributed by atoms with Gasteiger partial charge in [-0.2, -0.15) is 0 Å². The predicted molar refractivity (Wildman–Crippen MR) is 71.2 cm³/mol. The fourth-order valence-electron chi connectivity index (χ4n) is 2.18. The van der Waals surface area contributed by atoms with E-state index < -0.39 is 11.0 Å². The standard InChI is InChI=1S/C13H18N2O4/c1-9(17)10-2-5-12(13(8-10)15(18)19)14(6-7-16)11-3-4-11/h2,5,8-9,11,16-17H,3-4,6-7H2,1H3/t9-/m0/s1. The maximum atomic E-state index is 11.2. The zero-order valence-corrected chi connectivity index (χ0v) is 10.8. The van der Waals surface area contributed by atoms with Gasteiger partial charge in [-0.25, -0.2) is 0 Å². The summed E-state index contributed by atoms with van der Waals surface area (Å²) >= 11 is 0. The van der Waals surface area contributed by atoms with E-state index in [2.05, 4.69) is 0 Å². The molecule has 1 aliphatic rings. The van der Waals surface area contributed by atoms with Gasteiger partial charge in [0.05, 0.1) is 17.6 Å². The number of aliphatic hydroxyl groups excluding tert-OH is 2. The first kappa shape index (κ1) is 13.8. The first-order valence-corrected chi connectivity index (χ1v) is 6.38. The highest BCUT2D eigenvalue weighted by Crippen LogP contribution is 2.37. The number of benzene rings is 1. The Morgan fingerprint density at radius 1 is 1.53 bits per heavy atom. The quantitative estimate of drug-likeness (QED) is 0.603. The monoisotopic (exact) mass is 266 g/mol. The van der Waals surface area contributed by atoms with Gasteiger partial charge in [-0.15, -0.1) is 0 Å². The maximum absolute atomic E-state index is 11.2. The Kier molecular flexibility index (Phi) is 4.01. The molecule has 0 bridgehead atoms. The second kappa shape index (κ2) is 5.54. The van der Waals surface area contributed by atoms with Gasteiger partial charge in [0.15, 0.2) is 0 Å². The molecule has 104 valence electrons. The van der Waals surface area contributed by atoms with Gasteiger partial charge in [0.25, 0.3) is 5.69 Å². The molecule has 1 aromatic carbocycles. The lowest BCUT2D eigenvalue weighted by Crippen LogP contribution is -2.29. The van der Waals surface area contributed by atoms with E-state index >= 15 is 0 Å². The second-order valence-corrected chi connectivity index (χ2v) is 4.83. The normalized spacial score (nSPS) is 16.2. The van der Waals surface area contributed by atoms with Crippen molar-refractivity contribution < 1.29 is 15.1 Å². The number of hydrogen-bond acceptors (Lipinski definition) is 5. The van der Waals surface area contributed by atoms with Crippen molar-refractivity contribution in [2.75, 3.05) is 18.1 Å². The molecule has 1 atom stereocenters. The van der Waals surface area contributed by atoms with Crippen molar-refractivity contribution in [2.24, 2.45) is 0 Å². The minimum Gasteiger partial charge on any atom is -0.395 e. The van der Waals surface area contributed by atoms with Crippen LogP contribution in [0, 0.1) is 10.1 Å². The van der Waals surface area contributed by atoms with Crippen LogP contribution in [0.4, 0.5) is 11.4 Å². The van der Waals surface area contributed by atoms with Gasteiger partial charge in [0.2, 0.25) is 0 Å². The van der Waals surface area contributed by atoms with Crippen molar-refractivity contribution in [1.82, 2.24) is 0 Å². The molecule has 1 fully saturated rings. The van der Waals surface area contributed by atoms with Crippen LogP contribution in [0.25, 0.3) is 0 Å². The number of aliphatic hydroxyl groups is 2. The molecule has 1 aromatic rings. The van der Waals surface area contributed by atoms with Crippen LogP contribution in [-0.4, -0.2) is 34.3 Å². The van der Waals surface area contributed by atoms with Crippen molar-refractivity contribution in [3.8, 4) is 0 Å². The Morgan fingerprint density at radius 2 is 2.21 bits per heavy atom. The summed E-state index contributed by atoms with van der Waals surface area (Å²) in [6.07, 6.45) is 1.25. The summed E-state index contributed by atoms with van der Waals surface area (Å²) in [5, 5.41) is 29.8. The van der Waals surface area contributed by atoms with Crippen molar-refractivity contribution in [3.63, 3.8) is 0 Å². The molecule has 0 unspecified atom stereocenters. The highest BCUT2D eigenvalue weighted by Gasteiger charge is 2.32. The summed E-state index contributed by atoms with van der Waals surface area (Å²) in [5.74, 6) is 0. The lowest BCUT2D eigenvalue weighted by atomic mass is 10.1. The summed E-state index contributed by atoms with van der Waals surface area (Å²) in [7, 11) is 0. The van der Waals surface area contributed by atoms with Crippen LogP contribution in [0.5, 0.6) is 0 Å².